The number of aromatic nitrogens is 1. The maximum Gasteiger partial charge on any atom is 0.241 e. The molecule has 0 saturated heterocycles. The average Bonchev–Trinajstić information content (AvgIpc) is 2.20. The molecule has 1 rings (SSSR count). The SMILES string of the molecule is Cc1ccncc1NC(=O)C(N)C(C)C.Cl.Cl. The van der Waals surface area contributed by atoms with E-state index in [1.807, 2.05) is 26.8 Å². The van der Waals surface area contributed by atoms with E-state index in [0.717, 1.165) is 11.3 Å². The number of rotatable bonds is 3. The van der Waals surface area contributed by atoms with Crippen molar-refractivity contribution in [1.82, 2.24) is 4.98 Å². The van der Waals surface area contributed by atoms with Crippen LogP contribution in [0.25, 0.3) is 0 Å². The van der Waals surface area contributed by atoms with Gasteiger partial charge in [0, 0.05) is 6.20 Å². The van der Waals surface area contributed by atoms with Crippen LogP contribution in [-0.4, -0.2) is 16.9 Å². The molecule has 98 valence electrons. The number of anilines is 1. The van der Waals surface area contributed by atoms with Gasteiger partial charge in [0.1, 0.15) is 0 Å². The predicted molar refractivity (Wildman–Crippen MR) is 74.9 cm³/mol. The fraction of sp³-hybridized carbons (Fsp3) is 0.455. The molecule has 17 heavy (non-hydrogen) atoms. The van der Waals surface area contributed by atoms with Crippen LogP contribution in [0.1, 0.15) is 19.4 Å². The highest BCUT2D eigenvalue weighted by molar-refractivity contribution is 5.95. The Morgan fingerprint density at radius 3 is 2.47 bits per heavy atom. The summed E-state index contributed by atoms with van der Waals surface area (Å²) in [5, 5.41) is 2.76. The molecule has 0 radical (unpaired) electrons. The van der Waals surface area contributed by atoms with Crippen LogP contribution in [0.2, 0.25) is 0 Å². The zero-order valence-corrected chi connectivity index (χ0v) is 11.8. The summed E-state index contributed by atoms with van der Waals surface area (Å²) in [5.41, 5.74) is 7.43. The predicted octanol–water partition coefficient (Wildman–Crippen LogP) is 2.16. The van der Waals surface area contributed by atoms with Gasteiger partial charge in [-0.2, -0.15) is 0 Å². The highest BCUT2D eigenvalue weighted by Crippen LogP contribution is 2.12. The normalized spacial score (nSPS) is 11.1. The first-order chi connectivity index (χ1) is 7.02. The van der Waals surface area contributed by atoms with Crippen LogP contribution in [0.3, 0.4) is 0 Å². The van der Waals surface area contributed by atoms with E-state index in [1.165, 1.54) is 0 Å². The maximum absolute atomic E-state index is 11.6. The minimum atomic E-state index is -0.482. The maximum atomic E-state index is 11.6. The average molecular weight is 280 g/mol. The molecule has 4 nitrogen and oxygen atoms in total. The molecule has 1 aromatic heterocycles. The summed E-state index contributed by atoms with van der Waals surface area (Å²) in [7, 11) is 0. The van der Waals surface area contributed by atoms with E-state index in [4.69, 9.17) is 5.73 Å². The quantitative estimate of drug-likeness (QED) is 0.891. The Bertz CT molecular complexity index is 358. The van der Waals surface area contributed by atoms with Gasteiger partial charge in [0.05, 0.1) is 17.9 Å². The Labute approximate surface area is 114 Å². The molecule has 0 bridgehead atoms. The lowest BCUT2D eigenvalue weighted by atomic mass is 10.0. The van der Waals surface area contributed by atoms with Crippen LogP contribution in [0.15, 0.2) is 18.5 Å². The number of hydrogen-bond acceptors (Lipinski definition) is 3. The number of nitrogens with one attached hydrogen (secondary N) is 1. The molecule has 1 amide bonds. The minimum absolute atomic E-state index is 0. The molecule has 6 heteroatoms. The van der Waals surface area contributed by atoms with Crippen LogP contribution in [0.5, 0.6) is 0 Å². The van der Waals surface area contributed by atoms with Crippen molar-refractivity contribution in [1.29, 1.82) is 0 Å². The topological polar surface area (TPSA) is 68.0 Å². The van der Waals surface area contributed by atoms with E-state index < -0.39 is 6.04 Å². The number of carbonyl (C=O) groups is 1. The van der Waals surface area contributed by atoms with Crippen LogP contribution in [-0.2, 0) is 4.79 Å². The highest BCUT2D eigenvalue weighted by atomic mass is 35.5. The van der Waals surface area contributed by atoms with Crippen LogP contribution in [0.4, 0.5) is 5.69 Å². The van der Waals surface area contributed by atoms with Crippen LogP contribution >= 0.6 is 24.8 Å². The summed E-state index contributed by atoms with van der Waals surface area (Å²) >= 11 is 0. The molecular weight excluding hydrogens is 261 g/mol. The molecule has 1 heterocycles. The van der Waals surface area contributed by atoms with Crippen molar-refractivity contribution in [3.05, 3.63) is 24.0 Å². The minimum Gasteiger partial charge on any atom is -0.323 e. The number of amides is 1. The lowest BCUT2D eigenvalue weighted by Crippen LogP contribution is -2.39. The monoisotopic (exact) mass is 279 g/mol. The zero-order valence-electron chi connectivity index (χ0n) is 10.1. The molecule has 0 aliphatic heterocycles. The van der Waals surface area contributed by atoms with Gasteiger partial charge in [0.15, 0.2) is 0 Å². The van der Waals surface area contributed by atoms with Gasteiger partial charge in [-0.25, -0.2) is 0 Å². The second-order valence-corrected chi connectivity index (χ2v) is 3.95. The number of nitrogens with two attached hydrogens (primary N) is 1. The van der Waals surface area contributed by atoms with Gasteiger partial charge in [-0.1, -0.05) is 13.8 Å². The van der Waals surface area contributed by atoms with Crippen molar-refractivity contribution < 1.29 is 4.79 Å². The van der Waals surface area contributed by atoms with Crippen molar-refractivity contribution in [3.63, 3.8) is 0 Å². The summed E-state index contributed by atoms with van der Waals surface area (Å²) in [5.74, 6) is -0.0388. The molecule has 0 fully saturated rings. The third kappa shape index (κ3) is 5.35. The number of hydrogen-bond donors (Lipinski definition) is 2. The molecule has 1 aromatic rings. The van der Waals surface area contributed by atoms with Crippen LogP contribution in [0, 0.1) is 12.8 Å². The summed E-state index contributed by atoms with van der Waals surface area (Å²) in [6.07, 6.45) is 3.31. The van der Waals surface area contributed by atoms with E-state index in [2.05, 4.69) is 10.3 Å². The molecule has 0 aromatic carbocycles. The summed E-state index contributed by atoms with van der Waals surface area (Å²) < 4.78 is 0. The largest absolute Gasteiger partial charge is 0.323 e. The van der Waals surface area contributed by atoms with Gasteiger partial charge in [-0.05, 0) is 24.5 Å². The van der Waals surface area contributed by atoms with Gasteiger partial charge in [-0.3, -0.25) is 9.78 Å². The lowest BCUT2D eigenvalue weighted by molar-refractivity contribution is -0.118. The highest BCUT2D eigenvalue weighted by Gasteiger charge is 2.17. The first kappa shape index (κ1) is 18.5. The number of halogens is 2. The Hall–Kier alpha value is -0.840. The number of pyridine rings is 1. The van der Waals surface area contributed by atoms with E-state index >= 15 is 0 Å². The smallest absolute Gasteiger partial charge is 0.241 e. The van der Waals surface area contributed by atoms with Gasteiger partial charge in [0.25, 0.3) is 0 Å². The van der Waals surface area contributed by atoms with Gasteiger partial charge in [-0.15, -0.1) is 24.8 Å². The third-order valence-electron chi connectivity index (χ3n) is 2.32. The second-order valence-electron chi connectivity index (χ2n) is 3.95. The van der Waals surface area contributed by atoms with E-state index in [0.29, 0.717) is 0 Å². The zero-order chi connectivity index (χ0) is 11.4. The fourth-order valence-electron chi connectivity index (χ4n) is 1.11. The van der Waals surface area contributed by atoms with E-state index in [9.17, 15) is 4.79 Å². The van der Waals surface area contributed by atoms with Crippen molar-refractivity contribution in [3.8, 4) is 0 Å². The summed E-state index contributed by atoms with van der Waals surface area (Å²) in [6.45, 7) is 5.75. The van der Waals surface area contributed by atoms with Gasteiger partial charge in [0.2, 0.25) is 5.91 Å². The molecule has 0 saturated carbocycles. The second kappa shape index (κ2) is 8.28. The number of aryl methyl sites for hydroxylation is 1. The van der Waals surface area contributed by atoms with Gasteiger partial charge >= 0.3 is 0 Å². The lowest BCUT2D eigenvalue weighted by Gasteiger charge is -2.15. The third-order valence-corrected chi connectivity index (χ3v) is 2.32. The molecule has 1 atom stereocenters. The Balaban J connectivity index is 0. The molecule has 0 spiro atoms. The Morgan fingerprint density at radius 2 is 2.00 bits per heavy atom. The van der Waals surface area contributed by atoms with Crippen LogP contribution < -0.4 is 11.1 Å². The Kier molecular flexibility index (Phi) is 9.02. The molecule has 1 unspecified atom stereocenters. The number of carbonyl (C=O) groups excluding carboxylic acids is 1. The van der Waals surface area contributed by atoms with Crippen molar-refractivity contribution >= 4 is 36.4 Å². The fourth-order valence-corrected chi connectivity index (χ4v) is 1.11. The van der Waals surface area contributed by atoms with Crippen molar-refractivity contribution in [2.75, 3.05) is 5.32 Å². The van der Waals surface area contributed by atoms with E-state index in [-0.39, 0.29) is 36.6 Å². The first-order valence-corrected chi connectivity index (χ1v) is 4.99. The number of nitrogens with zero attached hydrogens (tertiary/aromatic N) is 1. The summed E-state index contributed by atoms with van der Waals surface area (Å²) in [4.78, 5) is 15.6. The van der Waals surface area contributed by atoms with Crippen molar-refractivity contribution in [2.45, 2.75) is 26.8 Å². The standard InChI is InChI=1S/C11H17N3O.2ClH/c1-7(2)10(12)11(15)14-9-6-13-5-4-8(9)3;;/h4-7,10H,12H2,1-3H3,(H,14,15);2*1H. The van der Waals surface area contributed by atoms with E-state index in [1.54, 1.807) is 12.4 Å². The molecular formula is C11H19Cl2N3O. The summed E-state index contributed by atoms with van der Waals surface area (Å²) in [6, 6.07) is 1.36. The first-order valence-electron chi connectivity index (χ1n) is 4.99. The molecule has 3 N–H and O–H groups in total. The molecule has 0 aliphatic carbocycles. The Morgan fingerprint density at radius 1 is 1.41 bits per heavy atom. The van der Waals surface area contributed by atoms with Gasteiger partial charge < -0.3 is 11.1 Å². The van der Waals surface area contributed by atoms with Crippen molar-refractivity contribution in [2.24, 2.45) is 11.7 Å². The molecule has 0 aliphatic rings.